The number of hydrogen-bond acceptors (Lipinski definition) is 2. The van der Waals surface area contributed by atoms with Gasteiger partial charge in [0.15, 0.2) is 0 Å². The normalized spacial score (nSPS) is 43.4. The zero-order valence-corrected chi connectivity index (χ0v) is 23.8. The maximum Gasteiger partial charge on any atom is 0.315 e. The lowest BCUT2D eigenvalue weighted by molar-refractivity contribution is -0.180. The maximum atomic E-state index is 10.3. The Morgan fingerprint density at radius 3 is 2.15 bits per heavy atom. The lowest BCUT2D eigenvalue weighted by Crippen LogP contribution is -2.53. The van der Waals surface area contributed by atoms with Crippen molar-refractivity contribution in [2.45, 2.75) is 132 Å². The van der Waals surface area contributed by atoms with Crippen molar-refractivity contribution >= 4 is 5.97 Å². The SMILES string of the molecule is CC(C)CCC[C@@H](C)[C@H]1CC[C@H]2[C@@H]3CCC4CCCC[C@]4(C)[C@H]3CC[C@]12C.CC1(C)COC1=O. The van der Waals surface area contributed by atoms with Gasteiger partial charge in [-0.05, 0) is 117 Å². The van der Waals surface area contributed by atoms with Crippen molar-refractivity contribution in [1.29, 1.82) is 0 Å². The van der Waals surface area contributed by atoms with E-state index >= 15 is 0 Å². The summed E-state index contributed by atoms with van der Waals surface area (Å²) in [6.45, 7) is 17.2. The third-order valence-electron chi connectivity index (χ3n) is 11.9. The van der Waals surface area contributed by atoms with Gasteiger partial charge < -0.3 is 4.74 Å². The first-order chi connectivity index (χ1) is 16.0. The van der Waals surface area contributed by atoms with Crippen LogP contribution in [0.2, 0.25) is 0 Å². The van der Waals surface area contributed by atoms with Crippen LogP contribution in [0.3, 0.4) is 0 Å². The largest absolute Gasteiger partial charge is 0.464 e. The van der Waals surface area contributed by atoms with Crippen LogP contribution in [0.1, 0.15) is 132 Å². The number of carbonyl (C=O) groups excluding carboxylic acids is 1. The number of carbonyl (C=O) groups is 1. The molecule has 0 aromatic rings. The molecule has 0 spiro atoms. The fraction of sp³-hybridized carbons (Fsp3) is 0.969. The second-order valence-corrected chi connectivity index (χ2v) is 14.9. The summed E-state index contributed by atoms with van der Waals surface area (Å²) in [4.78, 5) is 10.3. The molecule has 0 N–H and O–H groups in total. The molecule has 0 amide bonds. The van der Waals surface area contributed by atoms with Crippen LogP contribution in [0.15, 0.2) is 0 Å². The minimum Gasteiger partial charge on any atom is -0.464 e. The highest BCUT2D eigenvalue weighted by Gasteiger charge is 2.60. The van der Waals surface area contributed by atoms with E-state index in [-0.39, 0.29) is 11.4 Å². The summed E-state index contributed by atoms with van der Waals surface area (Å²) in [6, 6.07) is 0. The minimum atomic E-state index is -0.181. The molecule has 2 nitrogen and oxygen atoms in total. The third-order valence-corrected chi connectivity index (χ3v) is 11.9. The topological polar surface area (TPSA) is 26.3 Å². The van der Waals surface area contributed by atoms with Gasteiger partial charge in [-0.3, -0.25) is 4.79 Å². The molecule has 0 bridgehead atoms. The number of fused-ring (bicyclic) bond motifs is 5. The Labute approximate surface area is 211 Å². The number of ether oxygens (including phenoxy) is 1. The van der Waals surface area contributed by atoms with E-state index in [1.54, 1.807) is 51.4 Å². The summed E-state index contributed by atoms with van der Waals surface area (Å²) < 4.78 is 4.51. The highest BCUT2D eigenvalue weighted by Crippen LogP contribution is 2.68. The molecule has 5 rings (SSSR count). The number of esters is 1. The van der Waals surface area contributed by atoms with Crippen LogP contribution < -0.4 is 0 Å². The Kier molecular flexibility index (Phi) is 7.87. The van der Waals surface area contributed by atoms with E-state index < -0.39 is 0 Å². The summed E-state index contributed by atoms with van der Waals surface area (Å²) in [6.07, 6.45) is 19.9. The van der Waals surface area contributed by atoms with Gasteiger partial charge in [-0.25, -0.2) is 0 Å². The molecule has 5 aliphatic rings. The molecule has 8 atom stereocenters. The summed E-state index contributed by atoms with van der Waals surface area (Å²) in [5.74, 6) is 7.07. The first-order valence-corrected chi connectivity index (χ1v) is 15.2. The van der Waals surface area contributed by atoms with Crippen LogP contribution in [0.5, 0.6) is 0 Å². The standard InChI is InChI=1S/C27H48.C5H8O2/c1-19(2)9-8-10-20(3)23-14-15-24-22-13-12-21-11-6-7-17-26(21,4)25(22)16-18-27(23,24)5;1-5(2)3-7-4(5)6/h19-25H,6-18H2,1-5H3;3H2,1-2H3/t20-,21?,22+,23-,24+,25+,26+,27-;/m1./s1. The Bertz CT molecular complexity index is 710. The monoisotopic (exact) mass is 472 g/mol. The number of hydrogen-bond donors (Lipinski definition) is 0. The zero-order valence-electron chi connectivity index (χ0n) is 23.8. The number of rotatable bonds is 5. The molecule has 196 valence electrons. The van der Waals surface area contributed by atoms with Crippen molar-refractivity contribution in [3.8, 4) is 0 Å². The summed E-state index contributed by atoms with van der Waals surface area (Å²) in [5.41, 5.74) is 1.21. The van der Waals surface area contributed by atoms with E-state index in [1.807, 2.05) is 13.8 Å². The fourth-order valence-corrected chi connectivity index (χ4v) is 9.74. The highest BCUT2D eigenvalue weighted by atomic mass is 16.6. The first kappa shape index (κ1) is 26.5. The van der Waals surface area contributed by atoms with Gasteiger partial charge in [-0.1, -0.05) is 66.7 Å². The van der Waals surface area contributed by atoms with Crippen molar-refractivity contribution in [3.05, 3.63) is 0 Å². The average molecular weight is 473 g/mol. The summed E-state index contributed by atoms with van der Waals surface area (Å²) in [5, 5.41) is 0. The van der Waals surface area contributed by atoms with E-state index in [4.69, 9.17) is 0 Å². The van der Waals surface area contributed by atoms with E-state index in [1.165, 1.54) is 32.1 Å². The molecule has 0 aromatic heterocycles. The van der Waals surface area contributed by atoms with E-state index in [2.05, 4.69) is 39.4 Å². The van der Waals surface area contributed by atoms with Crippen LogP contribution in [0, 0.1) is 57.7 Å². The molecule has 1 unspecified atom stereocenters. The minimum absolute atomic E-state index is 0.0764. The average Bonchev–Trinajstić information content (AvgIpc) is 3.15. The van der Waals surface area contributed by atoms with E-state index in [9.17, 15) is 4.79 Å². The van der Waals surface area contributed by atoms with Crippen LogP contribution in [-0.4, -0.2) is 12.6 Å². The summed E-state index contributed by atoms with van der Waals surface area (Å²) in [7, 11) is 0. The zero-order chi connectivity index (χ0) is 24.7. The quantitative estimate of drug-likeness (QED) is 0.373. The smallest absolute Gasteiger partial charge is 0.315 e. The predicted molar refractivity (Wildman–Crippen MR) is 142 cm³/mol. The Balaban J connectivity index is 0.000000336. The molecule has 2 heteroatoms. The molecular formula is C32H56O2. The predicted octanol–water partition coefficient (Wildman–Crippen LogP) is 9.07. The Hall–Kier alpha value is -0.530. The van der Waals surface area contributed by atoms with E-state index in [0.29, 0.717) is 17.4 Å². The molecular weight excluding hydrogens is 416 g/mol. The summed E-state index contributed by atoms with van der Waals surface area (Å²) >= 11 is 0. The lowest BCUT2D eigenvalue weighted by atomic mass is 9.44. The Morgan fingerprint density at radius 1 is 0.824 bits per heavy atom. The maximum absolute atomic E-state index is 10.3. The molecule has 1 aliphatic heterocycles. The van der Waals surface area contributed by atoms with Gasteiger partial charge in [0.1, 0.15) is 6.61 Å². The van der Waals surface area contributed by atoms with Crippen molar-refractivity contribution in [2.75, 3.05) is 6.61 Å². The van der Waals surface area contributed by atoms with Gasteiger partial charge in [0.2, 0.25) is 0 Å². The molecule has 34 heavy (non-hydrogen) atoms. The number of cyclic esters (lactones) is 1. The molecule has 4 saturated carbocycles. The van der Waals surface area contributed by atoms with Crippen LogP contribution in [0.4, 0.5) is 0 Å². The van der Waals surface area contributed by atoms with Gasteiger partial charge in [0, 0.05) is 0 Å². The van der Waals surface area contributed by atoms with Crippen molar-refractivity contribution in [1.82, 2.24) is 0 Å². The first-order valence-electron chi connectivity index (χ1n) is 15.2. The second kappa shape index (κ2) is 10.1. The fourth-order valence-electron chi connectivity index (χ4n) is 9.74. The molecule has 0 radical (unpaired) electrons. The molecule has 1 heterocycles. The van der Waals surface area contributed by atoms with Crippen molar-refractivity contribution < 1.29 is 9.53 Å². The van der Waals surface area contributed by atoms with Gasteiger partial charge in [0.05, 0.1) is 5.41 Å². The third kappa shape index (κ3) is 4.87. The van der Waals surface area contributed by atoms with Gasteiger partial charge >= 0.3 is 5.97 Å². The second-order valence-electron chi connectivity index (χ2n) is 14.9. The van der Waals surface area contributed by atoms with Crippen LogP contribution in [-0.2, 0) is 9.53 Å². The molecule has 0 aromatic carbocycles. The highest BCUT2D eigenvalue weighted by molar-refractivity contribution is 5.80. The lowest BCUT2D eigenvalue weighted by Gasteiger charge is -2.61. The Morgan fingerprint density at radius 2 is 1.53 bits per heavy atom. The van der Waals surface area contributed by atoms with Crippen LogP contribution >= 0.6 is 0 Å². The van der Waals surface area contributed by atoms with E-state index in [0.717, 1.165) is 41.4 Å². The molecule has 1 saturated heterocycles. The van der Waals surface area contributed by atoms with Gasteiger partial charge in [0.25, 0.3) is 0 Å². The van der Waals surface area contributed by atoms with Gasteiger partial charge in [-0.2, -0.15) is 0 Å². The van der Waals surface area contributed by atoms with Crippen molar-refractivity contribution in [2.24, 2.45) is 57.7 Å². The van der Waals surface area contributed by atoms with Crippen molar-refractivity contribution in [3.63, 3.8) is 0 Å². The van der Waals surface area contributed by atoms with Crippen LogP contribution in [0.25, 0.3) is 0 Å². The molecule has 5 fully saturated rings. The van der Waals surface area contributed by atoms with Gasteiger partial charge in [-0.15, -0.1) is 0 Å². The molecule has 4 aliphatic carbocycles.